The number of rotatable bonds is 9. The van der Waals surface area contributed by atoms with Crippen LogP contribution in [-0.2, 0) is 11.3 Å². The first-order valence-electron chi connectivity index (χ1n) is 11.0. The van der Waals surface area contributed by atoms with Gasteiger partial charge in [0, 0.05) is 38.3 Å². The molecule has 1 fully saturated rings. The van der Waals surface area contributed by atoms with Crippen LogP contribution in [0.5, 0.6) is 5.75 Å². The number of anilines is 3. The fourth-order valence-electron chi connectivity index (χ4n) is 4.25. The number of nitrogen functional groups attached to an aromatic ring is 1. The summed E-state index contributed by atoms with van der Waals surface area (Å²) in [7, 11) is 3.06. The van der Waals surface area contributed by atoms with E-state index in [4.69, 9.17) is 16.2 Å². The van der Waals surface area contributed by atoms with Crippen LogP contribution in [0.4, 0.5) is 17.2 Å². The van der Waals surface area contributed by atoms with Crippen molar-refractivity contribution in [1.82, 2.24) is 9.88 Å². The van der Waals surface area contributed by atoms with Crippen molar-refractivity contribution in [2.24, 2.45) is 5.73 Å². The van der Waals surface area contributed by atoms with Crippen molar-refractivity contribution < 1.29 is 19.1 Å². The van der Waals surface area contributed by atoms with Gasteiger partial charge in [-0.2, -0.15) is 0 Å². The zero-order valence-corrected chi connectivity index (χ0v) is 19.3. The zero-order chi connectivity index (χ0) is 24.1. The van der Waals surface area contributed by atoms with Crippen molar-refractivity contribution in [1.29, 1.82) is 0 Å². The summed E-state index contributed by atoms with van der Waals surface area (Å²) >= 11 is 0. The summed E-state index contributed by atoms with van der Waals surface area (Å²) in [4.78, 5) is 40.9. The lowest BCUT2D eigenvalue weighted by molar-refractivity contribution is -0.107. The minimum Gasteiger partial charge on any atom is -0.497 e. The van der Waals surface area contributed by atoms with Crippen LogP contribution in [0.15, 0.2) is 24.3 Å². The highest BCUT2D eigenvalue weighted by Gasteiger charge is 2.31. The van der Waals surface area contributed by atoms with Gasteiger partial charge in [-0.1, -0.05) is 12.1 Å². The normalized spacial score (nSPS) is 15.8. The molecular weight excluding hydrogens is 424 g/mol. The first-order chi connectivity index (χ1) is 15.8. The standard InChI is InChI=1S/C23H32N6O4/c1-4-29-21(22(32)26-12-18(31)15-7-5-9-17(11-15)33-3)20(27(2)14-30)19(25)23(29)28-10-6-8-16(24)13-28/h5,7,9,11,14,16H,4,6,8,10,12-13,24-25H2,1-3H3,(H,26,32)/t16-/m0/s1. The minimum absolute atomic E-state index is 0.00312. The SMILES string of the molecule is CCn1c(C(=O)NCC(=O)c2cccc(OC)c2)c(N(C)C=O)c(N)c1N1CCC[C@H](N)C1. The molecule has 0 spiro atoms. The smallest absolute Gasteiger partial charge is 0.270 e. The van der Waals surface area contributed by atoms with E-state index in [0.717, 1.165) is 19.4 Å². The number of ether oxygens (including phenoxy) is 1. The number of methoxy groups -OCH3 is 1. The van der Waals surface area contributed by atoms with E-state index < -0.39 is 5.91 Å². The van der Waals surface area contributed by atoms with Gasteiger partial charge in [0.15, 0.2) is 5.78 Å². The number of carbonyl (C=O) groups excluding carboxylic acids is 3. The predicted molar refractivity (Wildman–Crippen MR) is 128 cm³/mol. The molecule has 10 heteroatoms. The van der Waals surface area contributed by atoms with Crippen molar-refractivity contribution in [2.75, 3.05) is 49.3 Å². The van der Waals surface area contributed by atoms with E-state index in [1.54, 1.807) is 35.9 Å². The number of nitrogens with zero attached hydrogens (tertiary/aromatic N) is 3. The Hall–Kier alpha value is -3.53. The highest BCUT2D eigenvalue weighted by atomic mass is 16.5. The molecule has 0 aliphatic carbocycles. The predicted octanol–water partition coefficient (Wildman–Crippen LogP) is 1.23. The summed E-state index contributed by atoms with van der Waals surface area (Å²) in [5, 5.41) is 2.69. The molecule has 5 N–H and O–H groups in total. The lowest BCUT2D eigenvalue weighted by Gasteiger charge is -2.33. The molecule has 0 saturated carbocycles. The molecular formula is C23H32N6O4. The second-order valence-corrected chi connectivity index (χ2v) is 8.08. The topological polar surface area (TPSA) is 136 Å². The maximum Gasteiger partial charge on any atom is 0.270 e. The first kappa shape index (κ1) is 24.1. The second-order valence-electron chi connectivity index (χ2n) is 8.08. The summed E-state index contributed by atoms with van der Waals surface area (Å²) < 4.78 is 6.94. The van der Waals surface area contributed by atoms with Crippen LogP contribution in [0.1, 0.15) is 40.6 Å². The van der Waals surface area contributed by atoms with Crippen LogP contribution in [0.25, 0.3) is 0 Å². The fourth-order valence-corrected chi connectivity index (χ4v) is 4.25. The lowest BCUT2D eigenvalue weighted by atomic mass is 10.1. The number of benzene rings is 1. The van der Waals surface area contributed by atoms with E-state index in [1.165, 1.54) is 12.0 Å². The molecule has 1 saturated heterocycles. The third-order valence-corrected chi connectivity index (χ3v) is 5.85. The van der Waals surface area contributed by atoms with Crippen LogP contribution < -0.4 is 31.3 Å². The average molecular weight is 457 g/mol. The number of piperidine rings is 1. The van der Waals surface area contributed by atoms with Crippen LogP contribution in [0.3, 0.4) is 0 Å². The fraction of sp³-hybridized carbons (Fsp3) is 0.435. The number of nitrogens with two attached hydrogens (primary N) is 2. The van der Waals surface area contributed by atoms with Gasteiger partial charge in [-0.25, -0.2) is 0 Å². The molecule has 2 amide bonds. The van der Waals surface area contributed by atoms with Crippen LogP contribution in [0.2, 0.25) is 0 Å². The van der Waals surface area contributed by atoms with Gasteiger partial charge in [0.2, 0.25) is 6.41 Å². The minimum atomic E-state index is -0.490. The molecule has 178 valence electrons. The van der Waals surface area contributed by atoms with Gasteiger partial charge in [0.25, 0.3) is 5.91 Å². The number of nitrogens with one attached hydrogen (secondary N) is 1. The van der Waals surface area contributed by atoms with Crippen molar-refractivity contribution in [3.63, 3.8) is 0 Å². The Morgan fingerprint density at radius 3 is 2.76 bits per heavy atom. The van der Waals surface area contributed by atoms with Crippen LogP contribution in [-0.4, -0.2) is 62.5 Å². The van der Waals surface area contributed by atoms with Crippen molar-refractivity contribution in [3.8, 4) is 5.75 Å². The molecule has 0 unspecified atom stereocenters. The molecule has 1 aromatic heterocycles. The van der Waals surface area contributed by atoms with Gasteiger partial charge in [0.05, 0.1) is 25.0 Å². The van der Waals surface area contributed by atoms with Gasteiger partial charge in [-0.15, -0.1) is 0 Å². The highest BCUT2D eigenvalue weighted by molar-refractivity contribution is 6.09. The van der Waals surface area contributed by atoms with Gasteiger partial charge in [0.1, 0.15) is 17.3 Å². The summed E-state index contributed by atoms with van der Waals surface area (Å²) in [5.41, 5.74) is 14.0. The van der Waals surface area contributed by atoms with Gasteiger partial charge < -0.3 is 35.9 Å². The summed E-state index contributed by atoms with van der Waals surface area (Å²) in [6, 6.07) is 6.73. The van der Waals surface area contributed by atoms with Gasteiger partial charge in [-0.3, -0.25) is 14.4 Å². The number of carbonyl (C=O) groups is 3. The Kier molecular flexibility index (Phi) is 7.59. The summed E-state index contributed by atoms with van der Waals surface area (Å²) in [6.45, 7) is 3.49. The molecule has 10 nitrogen and oxygen atoms in total. The largest absolute Gasteiger partial charge is 0.497 e. The summed E-state index contributed by atoms with van der Waals surface area (Å²) in [6.07, 6.45) is 2.44. The third kappa shape index (κ3) is 4.95. The molecule has 0 bridgehead atoms. The Morgan fingerprint density at radius 2 is 2.12 bits per heavy atom. The molecule has 1 aliphatic heterocycles. The van der Waals surface area contributed by atoms with Gasteiger partial charge in [-0.05, 0) is 31.9 Å². The van der Waals surface area contributed by atoms with E-state index in [9.17, 15) is 14.4 Å². The first-order valence-corrected chi connectivity index (χ1v) is 11.0. The van der Waals surface area contributed by atoms with E-state index in [0.29, 0.717) is 48.0 Å². The van der Waals surface area contributed by atoms with E-state index in [2.05, 4.69) is 10.2 Å². The molecule has 2 heterocycles. The molecule has 1 aromatic carbocycles. The van der Waals surface area contributed by atoms with Gasteiger partial charge >= 0.3 is 0 Å². The maximum atomic E-state index is 13.3. The average Bonchev–Trinajstić information content (AvgIpc) is 3.13. The van der Waals surface area contributed by atoms with E-state index in [-0.39, 0.29) is 24.1 Å². The van der Waals surface area contributed by atoms with Crippen LogP contribution in [0, 0.1) is 0 Å². The Bertz CT molecular complexity index is 1030. The molecule has 1 aliphatic rings. The van der Waals surface area contributed by atoms with E-state index in [1.807, 2.05) is 6.92 Å². The molecule has 0 radical (unpaired) electrons. The molecule has 1 atom stereocenters. The van der Waals surface area contributed by atoms with Crippen molar-refractivity contribution in [2.45, 2.75) is 32.4 Å². The number of hydrogen-bond donors (Lipinski definition) is 3. The molecule has 2 aromatic rings. The van der Waals surface area contributed by atoms with Crippen molar-refractivity contribution >= 4 is 35.3 Å². The Labute approximate surface area is 193 Å². The molecule has 3 rings (SSSR count). The number of ketones is 1. The van der Waals surface area contributed by atoms with Crippen molar-refractivity contribution in [3.05, 3.63) is 35.5 Å². The monoisotopic (exact) mass is 456 g/mol. The zero-order valence-electron chi connectivity index (χ0n) is 19.3. The highest BCUT2D eigenvalue weighted by Crippen LogP contribution is 2.40. The molecule has 33 heavy (non-hydrogen) atoms. The lowest BCUT2D eigenvalue weighted by Crippen LogP contribution is -2.44. The number of hydrogen-bond acceptors (Lipinski definition) is 7. The summed E-state index contributed by atoms with van der Waals surface area (Å²) in [5.74, 6) is 0.466. The van der Waals surface area contributed by atoms with Crippen LogP contribution >= 0.6 is 0 Å². The third-order valence-electron chi connectivity index (χ3n) is 5.85. The number of amides is 2. The number of Topliss-reactive ketones (excluding diaryl/α,β-unsaturated/α-hetero) is 1. The Morgan fingerprint density at radius 1 is 1.36 bits per heavy atom. The Balaban J connectivity index is 1.92. The second kappa shape index (κ2) is 10.4. The number of aromatic nitrogens is 1. The maximum absolute atomic E-state index is 13.3. The quantitative estimate of drug-likeness (QED) is 0.381. The van der Waals surface area contributed by atoms with E-state index >= 15 is 0 Å².